The average Bonchev–Trinajstić information content (AvgIpc) is 2.73. The number of nitrogens with zero attached hydrogens (tertiary/aromatic N) is 3. The van der Waals surface area contributed by atoms with E-state index in [2.05, 4.69) is 23.1 Å². The van der Waals surface area contributed by atoms with Crippen molar-refractivity contribution in [2.75, 3.05) is 5.75 Å². The second-order valence-corrected chi connectivity index (χ2v) is 5.65. The highest BCUT2D eigenvalue weighted by molar-refractivity contribution is 7.99. The molecular weight excluding hydrogens is 218 g/mol. The smallest absolute Gasteiger partial charge is 0.164 e. The molecule has 0 spiro atoms. The van der Waals surface area contributed by atoms with Gasteiger partial charge in [-0.25, -0.2) is 9.50 Å². The molecule has 3 rings (SSSR count). The molecule has 0 radical (unpaired) electrons. The molecule has 0 aromatic carbocycles. The summed E-state index contributed by atoms with van der Waals surface area (Å²) in [7, 11) is 0. The Morgan fingerprint density at radius 1 is 1.38 bits per heavy atom. The lowest BCUT2D eigenvalue weighted by molar-refractivity contribution is 0.661. The molecule has 0 saturated carbocycles. The van der Waals surface area contributed by atoms with Crippen LogP contribution >= 0.6 is 11.8 Å². The van der Waals surface area contributed by atoms with Crippen LogP contribution in [0.15, 0.2) is 18.3 Å². The minimum absolute atomic E-state index is 0.508. The molecule has 84 valence electrons. The van der Waals surface area contributed by atoms with Crippen LogP contribution in [-0.4, -0.2) is 20.4 Å². The van der Waals surface area contributed by atoms with E-state index in [0.717, 1.165) is 11.5 Å². The summed E-state index contributed by atoms with van der Waals surface area (Å²) in [4.78, 5) is 4.61. The number of hydrogen-bond donors (Lipinski definition) is 0. The Hall–Kier alpha value is -1.03. The van der Waals surface area contributed by atoms with Crippen molar-refractivity contribution in [3.8, 4) is 0 Å². The van der Waals surface area contributed by atoms with Gasteiger partial charge >= 0.3 is 0 Å². The van der Waals surface area contributed by atoms with Gasteiger partial charge in [-0.05, 0) is 37.1 Å². The molecule has 0 N–H and O–H groups in total. The van der Waals surface area contributed by atoms with Crippen molar-refractivity contribution in [3.05, 3.63) is 29.7 Å². The minimum atomic E-state index is 0.508. The normalized spacial score (nSPS) is 21.4. The van der Waals surface area contributed by atoms with Crippen LogP contribution in [-0.2, 0) is 0 Å². The Bertz CT molecular complexity index is 500. The van der Waals surface area contributed by atoms with Crippen LogP contribution in [0.2, 0.25) is 0 Å². The SMILES string of the molecule is Cc1ccc2nc(C3CCCCS3)nn2c1. The molecule has 2 aromatic heterocycles. The molecule has 4 heteroatoms. The first-order valence-corrected chi connectivity index (χ1v) is 6.82. The minimum Gasteiger partial charge on any atom is -0.221 e. The molecule has 3 nitrogen and oxygen atoms in total. The first-order chi connectivity index (χ1) is 7.83. The summed E-state index contributed by atoms with van der Waals surface area (Å²) < 4.78 is 1.90. The summed E-state index contributed by atoms with van der Waals surface area (Å²) in [5.74, 6) is 2.26. The lowest BCUT2D eigenvalue weighted by Gasteiger charge is -2.17. The van der Waals surface area contributed by atoms with Gasteiger partial charge in [-0.2, -0.15) is 16.9 Å². The van der Waals surface area contributed by atoms with Gasteiger partial charge in [0.25, 0.3) is 0 Å². The quantitative estimate of drug-likeness (QED) is 0.758. The zero-order chi connectivity index (χ0) is 11.0. The number of hydrogen-bond acceptors (Lipinski definition) is 3. The Balaban J connectivity index is 1.97. The molecule has 3 heterocycles. The van der Waals surface area contributed by atoms with Gasteiger partial charge in [-0.3, -0.25) is 0 Å². The number of fused-ring (bicyclic) bond motifs is 1. The summed E-state index contributed by atoms with van der Waals surface area (Å²) in [6, 6.07) is 4.13. The fourth-order valence-corrected chi connectivity index (χ4v) is 3.32. The summed E-state index contributed by atoms with van der Waals surface area (Å²) in [5.41, 5.74) is 2.19. The van der Waals surface area contributed by atoms with Gasteiger partial charge in [0, 0.05) is 6.20 Å². The van der Waals surface area contributed by atoms with Gasteiger partial charge in [-0.1, -0.05) is 12.5 Å². The van der Waals surface area contributed by atoms with Gasteiger partial charge in [-0.15, -0.1) is 0 Å². The maximum absolute atomic E-state index is 4.61. The van der Waals surface area contributed by atoms with E-state index in [-0.39, 0.29) is 0 Å². The average molecular weight is 233 g/mol. The van der Waals surface area contributed by atoms with Crippen molar-refractivity contribution in [1.82, 2.24) is 14.6 Å². The highest BCUT2D eigenvalue weighted by atomic mass is 32.2. The van der Waals surface area contributed by atoms with Gasteiger partial charge in [0.2, 0.25) is 0 Å². The molecule has 1 saturated heterocycles. The van der Waals surface area contributed by atoms with Gasteiger partial charge in [0.15, 0.2) is 11.5 Å². The van der Waals surface area contributed by atoms with Crippen LogP contribution in [0.1, 0.15) is 35.9 Å². The molecule has 16 heavy (non-hydrogen) atoms. The number of aromatic nitrogens is 3. The van der Waals surface area contributed by atoms with Crippen molar-refractivity contribution in [2.45, 2.75) is 31.4 Å². The van der Waals surface area contributed by atoms with Crippen molar-refractivity contribution >= 4 is 17.4 Å². The van der Waals surface area contributed by atoms with E-state index in [0.29, 0.717) is 5.25 Å². The van der Waals surface area contributed by atoms with E-state index < -0.39 is 0 Å². The van der Waals surface area contributed by atoms with Crippen molar-refractivity contribution in [3.63, 3.8) is 0 Å². The summed E-state index contributed by atoms with van der Waals surface area (Å²) in [5, 5.41) is 5.09. The third kappa shape index (κ3) is 1.82. The lowest BCUT2D eigenvalue weighted by Crippen LogP contribution is -2.04. The lowest BCUT2D eigenvalue weighted by atomic mass is 10.2. The van der Waals surface area contributed by atoms with Gasteiger partial charge in [0.1, 0.15) is 0 Å². The van der Waals surface area contributed by atoms with E-state index in [9.17, 15) is 0 Å². The fourth-order valence-electron chi connectivity index (χ4n) is 2.08. The molecule has 1 aliphatic heterocycles. The van der Waals surface area contributed by atoms with Crippen LogP contribution in [0.4, 0.5) is 0 Å². The van der Waals surface area contributed by atoms with Crippen LogP contribution in [0, 0.1) is 6.92 Å². The summed E-state index contributed by atoms with van der Waals surface area (Å²) >= 11 is 2.00. The molecule has 1 fully saturated rings. The van der Waals surface area contributed by atoms with Crippen LogP contribution in [0.3, 0.4) is 0 Å². The van der Waals surface area contributed by atoms with Crippen molar-refractivity contribution < 1.29 is 0 Å². The number of aryl methyl sites for hydroxylation is 1. The molecule has 1 atom stereocenters. The highest BCUT2D eigenvalue weighted by Crippen LogP contribution is 2.36. The van der Waals surface area contributed by atoms with Crippen LogP contribution in [0.25, 0.3) is 5.65 Å². The standard InChI is InChI=1S/C12H15N3S/c1-9-5-6-11-13-12(14-15(11)8-9)10-4-2-3-7-16-10/h5-6,8,10H,2-4,7H2,1H3. The third-order valence-electron chi connectivity index (χ3n) is 2.96. The molecule has 0 aliphatic carbocycles. The van der Waals surface area contributed by atoms with Crippen LogP contribution in [0.5, 0.6) is 0 Å². The number of rotatable bonds is 1. The molecule has 1 aliphatic rings. The number of pyridine rings is 1. The molecule has 1 unspecified atom stereocenters. The maximum atomic E-state index is 4.61. The van der Waals surface area contributed by atoms with E-state index in [1.54, 1.807) is 0 Å². The molecule has 2 aromatic rings. The summed E-state index contributed by atoms with van der Waals surface area (Å²) in [6.07, 6.45) is 5.92. The first kappa shape index (κ1) is 10.1. The van der Waals surface area contributed by atoms with E-state index >= 15 is 0 Å². The molecule has 0 bridgehead atoms. The van der Waals surface area contributed by atoms with Gasteiger partial charge in [0.05, 0.1) is 5.25 Å². The third-order valence-corrected chi connectivity index (χ3v) is 4.34. The Morgan fingerprint density at radius 2 is 2.31 bits per heavy atom. The Labute approximate surface area is 99.3 Å². The predicted molar refractivity (Wildman–Crippen MR) is 66.8 cm³/mol. The second kappa shape index (κ2) is 4.09. The van der Waals surface area contributed by atoms with E-state index in [1.807, 2.05) is 28.5 Å². The van der Waals surface area contributed by atoms with E-state index in [4.69, 9.17) is 0 Å². The molecule has 0 amide bonds. The largest absolute Gasteiger partial charge is 0.221 e. The zero-order valence-electron chi connectivity index (χ0n) is 9.39. The highest BCUT2D eigenvalue weighted by Gasteiger charge is 2.20. The fraction of sp³-hybridized carbons (Fsp3) is 0.500. The first-order valence-electron chi connectivity index (χ1n) is 5.77. The van der Waals surface area contributed by atoms with Crippen molar-refractivity contribution in [1.29, 1.82) is 0 Å². The summed E-state index contributed by atoms with van der Waals surface area (Å²) in [6.45, 7) is 2.08. The Kier molecular flexibility index (Phi) is 2.59. The second-order valence-electron chi connectivity index (χ2n) is 4.33. The zero-order valence-corrected chi connectivity index (χ0v) is 10.2. The molecular formula is C12H15N3S. The van der Waals surface area contributed by atoms with Crippen molar-refractivity contribution in [2.24, 2.45) is 0 Å². The predicted octanol–water partition coefficient (Wildman–Crippen LogP) is 3.00. The Morgan fingerprint density at radius 3 is 3.12 bits per heavy atom. The van der Waals surface area contributed by atoms with Crippen LogP contribution < -0.4 is 0 Å². The van der Waals surface area contributed by atoms with E-state index in [1.165, 1.54) is 30.6 Å². The monoisotopic (exact) mass is 233 g/mol. The topological polar surface area (TPSA) is 30.2 Å². The maximum Gasteiger partial charge on any atom is 0.164 e. The van der Waals surface area contributed by atoms with Gasteiger partial charge < -0.3 is 0 Å². The number of thioether (sulfide) groups is 1.